The molecule has 0 fully saturated rings. The second-order valence-electron chi connectivity index (χ2n) is 7.38. The van der Waals surface area contributed by atoms with Crippen LogP contribution in [0.25, 0.3) is 11.3 Å². The van der Waals surface area contributed by atoms with Gasteiger partial charge in [-0.05, 0) is 54.1 Å². The predicted molar refractivity (Wildman–Crippen MR) is 132 cm³/mol. The molecule has 0 aliphatic rings. The molecule has 0 unspecified atom stereocenters. The average Bonchev–Trinajstić information content (AvgIpc) is 2.86. The zero-order chi connectivity index (χ0) is 23.9. The van der Waals surface area contributed by atoms with Gasteiger partial charge in [0.15, 0.2) is 0 Å². The van der Waals surface area contributed by atoms with Gasteiger partial charge in [-0.3, -0.25) is 0 Å². The van der Waals surface area contributed by atoms with Gasteiger partial charge in [-0.2, -0.15) is 0 Å². The molecule has 1 aromatic heterocycles. The van der Waals surface area contributed by atoms with Crippen molar-refractivity contribution in [2.45, 2.75) is 13.2 Å². The number of halogens is 1. The molecule has 7 heteroatoms. The van der Waals surface area contributed by atoms with Crippen LogP contribution in [0.1, 0.15) is 21.6 Å². The van der Waals surface area contributed by atoms with Crippen LogP contribution in [-0.4, -0.2) is 23.2 Å². The minimum Gasteiger partial charge on any atom is -0.497 e. The van der Waals surface area contributed by atoms with E-state index in [0.717, 1.165) is 10.0 Å². The van der Waals surface area contributed by atoms with Crippen molar-refractivity contribution in [1.29, 1.82) is 0 Å². The zero-order valence-corrected chi connectivity index (χ0v) is 20.0. The van der Waals surface area contributed by atoms with Gasteiger partial charge < -0.3 is 19.3 Å². The van der Waals surface area contributed by atoms with Crippen LogP contribution in [0.5, 0.6) is 17.2 Å². The smallest absolute Gasteiger partial charge is 0.337 e. The average molecular weight is 520 g/mol. The topological polar surface area (TPSA) is 77.9 Å². The fourth-order valence-electron chi connectivity index (χ4n) is 3.36. The summed E-state index contributed by atoms with van der Waals surface area (Å²) in [6.45, 7) is 0.377. The molecule has 0 saturated heterocycles. The van der Waals surface area contributed by atoms with Crippen molar-refractivity contribution in [3.63, 3.8) is 0 Å². The van der Waals surface area contributed by atoms with Crippen molar-refractivity contribution in [2.75, 3.05) is 7.11 Å². The van der Waals surface area contributed by atoms with E-state index >= 15 is 0 Å². The standard InChI is InChI=1S/C27H22BrNO5/c1-32-20-10-13-26(34-16-18-6-3-2-4-7-18)23(15-20)24-12-11-22(27(30)31)25(29-24)17-33-21-9-5-8-19(28)14-21/h2-15H,16-17H2,1H3,(H,30,31). The molecule has 4 rings (SSSR count). The number of carboxylic acids is 1. The number of aromatic carboxylic acids is 1. The highest BCUT2D eigenvalue weighted by atomic mass is 79.9. The van der Waals surface area contributed by atoms with Crippen LogP contribution in [0.3, 0.4) is 0 Å². The molecule has 172 valence electrons. The molecule has 6 nitrogen and oxygen atoms in total. The van der Waals surface area contributed by atoms with Crippen molar-refractivity contribution < 1.29 is 24.1 Å². The SMILES string of the molecule is COc1ccc(OCc2ccccc2)c(-c2ccc(C(=O)O)c(COc3cccc(Br)c3)n2)c1. The van der Waals surface area contributed by atoms with Gasteiger partial charge >= 0.3 is 5.97 Å². The first-order valence-electron chi connectivity index (χ1n) is 10.5. The van der Waals surface area contributed by atoms with Crippen LogP contribution in [0.2, 0.25) is 0 Å². The summed E-state index contributed by atoms with van der Waals surface area (Å²) in [4.78, 5) is 16.5. The van der Waals surface area contributed by atoms with Crippen molar-refractivity contribution in [1.82, 2.24) is 4.98 Å². The van der Waals surface area contributed by atoms with E-state index in [1.807, 2.05) is 66.7 Å². The van der Waals surface area contributed by atoms with Gasteiger partial charge in [-0.15, -0.1) is 0 Å². The first kappa shape index (κ1) is 23.3. The summed E-state index contributed by atoms with van der Waals surface area (Å²) in [5.41, 5.74) is 2.66. The molecule has 0 aliphatic heterocycles. The highest BCUT2D eigenvalue weighted by Crippen LogP contribution is 2.34. The van der Waals surface area contributed by atoms with Crippen molar-refractivity contribution >= 4 is 21.9 Å². The molecule has 4 aromatic rings. The maximum Gasteiger partial charge on any atom is 0.337 e. The van der Waals surface area contributed by atoms with Gasteiger partial charge in [0.05, 0.1) is 24.1 Å². The number of benzene rings is 3. The van der Waals surface area contributed by atoms with Crippen LogP contribution in [0.4, 0.5) is 0 Å². The number of nitrogens with zero attached hydrogens (tertiary/aromatic N) is 1. The van der Waals surface area contributed by atoms with Gasteiger partial charge in [0.1, 0.15) is 30.5 Å². The van der Waals surface area contributed by atoms with Crippen LogP contribution in [-0.2, 0) is 13.2 Å². The number of methoxy groups -OCH3 is 1. The monoisotopic (exact) mass is 519 g/mol. The Balaban J connectivity index is 1.67. The summed E-state index contributed by atoms with van der Waals surface area (Å²) in [5.74, 6) is 0.779. The molecule has 1 N–H and O–H groups in total. The molecule has 0 atom stereocenters. The van der Waals surface area contributed by atoms with E-state index in [1.165, 1.54) is 6.07 Å². The highest BCUT2D eigenvalue weighted by Gasteiger charge is 2.17. The van der Waals surface area contributed by atoms with Crippen LogP contribution >= 0.6 is 15.9 Å². The number of hydrogen-bond acceptors (Lipinski definition) is 5. The zero-order valence-electron chi connectivity index (χ0n) is 18.4. The number of hydrogen-bond donors (Lipinski definition) is 1. The summed E-state index contributed by atoms with van der Waals surface area (Å²) >= 11 is 3.41. The largest absolute Gasteiger partial charge is 0.497 e. The lowest BCUT2D eigenvalue weighted by molar-refractivity contribution is 0.0693. The minimum absolute atomic E-state index is 0.00387. The Hall–Kier alpha value is -3.84. The van der Waals surface area contributed by atoms with E-state index in [-0.39, 0.29) is 12.2 Å². The molecule has 0 saturated carbocycles. The van der Waals surface area contributed by atoms with E-state index < -0.39 is 5.97 Å². The summed E-state index contributed by atoms with van der Waals surface area (Å²) in [6.07, 6.45) is 0. The van der Waals surface area contributed by atoms with Crippen molar-refractivity contribution in [3.8, 4) is 28.5 Å². The third-order valence-corrected chi connectivity index (χ3v) is 5.57. The third kappa shape index (κ3) is 5.74. The molecular weight excluding hydrogens is 498 g/mol. The van der Waals surface area contributed by atoms with E-state index in [1.54, 1.807) is 19.2 Å². The van der Waals surface area contributed by atoms with Gasteiger partial charge in [0, 0.05) is 10.0 Å². The molecular formula is C27H22BrNO5. The van der Waals surface area contributed by atoms with Gasteiger partial charge in [-0.25, -0.2) is 9.78 Å². The van der Waals surface area contributed by atoms with E-state index in [2.05, 4.69) is 20.9 Å². The molecule has 0 radical (unpaired) electrons. The number of ether oxygens (including phenoxy) is 3. The number of rotatable bonds is 9. The van der Waals surface area contributed by atoms with Crippen LogP contribution in [0, 0.1) is 0 Å². The second-order valence-corrected chi connectivity index (χ2v) is 8.29. The lowest BCUT2D eigenvalue weighted by Gasteiger charge is -2.15. The second kappa shape index (κ2) is 10.9. The van der Waals surface area contributed by atoms with Crippen LogP contribution in [0.15, 0.2) is 89.4 Å². The normalized spacial score (nSPS) is 10.5. The number of aromatic nitrogens is 1. The summed E-state index contributed by atoms with van der Waals surface area (Å²) in [7, 11) is 1.59. The molecule has 34 heavy (non-hydrogen) atoms. The van der Waals surface area contributed by atoms with E-state index in [0.29, 0.717) is 40.8 Å². The predicted octanol–water partition coefficient (Wildman–Crippen LogP) is 6.38. The molecule has 3 aromatic carbocycles. The molecule has 1 heterocycles. The molecule has 0 aliphatic carbocycles. The van der Waals surface area contributed by atoms with Crippen LogP contribution < -0.4 is 14.2 Å². The Morgan fingerprint density at radius 1 is 0.882 bits per heavy atom. The fourth-order valence-corrected chi connectivity index (χ4v) is 3.74. The lowest BCUT2D eigenvalue weighted by atomic mass is 10.1. The van der Waals surface area contributed by atoms with E-state index in [9.17, 15) is 9.90 Å². The fraction of sp³-hybridized carbons (Fsp3) is 0.111. The quantitative estimate of drug-likeness (QED) is 0.276. The van der Waals surface area contributed by atoms with Crippen molar-refractivity contribution in [3.05, 3.63) is 106 Å². The Kier molecular flexibility index (Phi) is 7.44. The molecule has 0 bridgehead atoms. The van der Waals surface area contributed by atoms with Crippen molar-refractivity contribution in [2.24, 2.45) is 0 Å². The summed E-state index contributed by atoms with van der Waals surface area (Å²) in [6, 6.07) is 25.8. The maximum atomic E-state index is 11.8. The third-order valence-electron chi connectivity index (χ3n) is 5.08. The van der Waals surface area contributed by atoms with E-state index in [4.69, 9.17) is 14.2 Å². The number of pyridine rings is 1. The number of carboxylic acid groups (broad SMARTS) is 1. The Morgan fingerprint density at radius 2 is 1.71 bits per heavy atom. The van der Waals surface area contributed by atoms with Gasteiger partial charge in [0.2, 0.25) is 0 Å². The Labute approximate surface area is 205 Å². The lowest BCUT2D eigenvalue weighted by Crippen LogP contribution is -2.09. The minimum atomic E-state index is -1.07. The number of carbonyl (C=O) groups is 1. The Morgan fingerprint density at radius 3 is 2.44 bits per heavy atom. The maximum absolute atomic E-state index is 11.8. The first-order chi connectivity index (χ1) is 16.5. The van der Waals surface area contributed by atoms with Gasteiger partial charge in [0.25, 0.3) is 0 Å². The summed E-state index contributed by atoms with van der Waals surface area (Å²) < 4.78 is 18.2. The molecule has 0 amide bonds. The Bertz CT molecular complexity index is 1290. The summed E-state index contributed by atoms with van der Waals surface area (Å²) in [5, 5.41) is 9.67. The highest BCUT2D eigenvalue weighted by molar-refractivity contribution is 9.10. The first-order valence-corrected chi connectivity index (χ1v) is 11.3. The van der Waals surface area contributed by atoms with Gasteiger partial charge in [-0.1, -0.05) is 52.3 Å². The molecule has 0 spiro atoms.